The van der Waals surface area contributed by atoms with E-state index in [0.717, 1.165) is 12.6 Å². The fraction of sp³-hybridized carbons (Fsp3) is 1.00. The van der Waals surface area contributed by atoms with Gasteiger partial charge in [-0.2, -0.15) is 0 Å². The summed E-state index contributed by atoms with van der Waals surface area (Å²) >= 11 is 0. The van der Waals surface area contributed by atoms with Crippen molar-refractivity contribution in [1.29, 1.82) is 0 Å². The third kappa shape index (κ3) is 3.44. The molecule has 94 valence electrons. The summed E-state index contributed by atoms with van der Waals surface area (Å²) in [6, 6.07) is 0.808. The minimum absolute atomic E-state index is 0.0449. The first-order valence-electron chi connectivity index (χ1n) is 6.80. The largest absolute Gasteiger partial charge is 0.324 e. The van der Waals surface area contributed by atoms with Gasteiger partial charge in [-0.1, -0.05) is 6.42 Å². The average Bonchev–Trinajstić information content (AvgIpc) is 2.65. The molecule has 0 aromatic heterocycles. The summed E-state index contributed by atoms with van der Waals surface area (Å²) in [5.41, 5.74) is 6.04. The van der Waals surface area contributed by atoms with Crippen LogP contribution in [0.25, 0.3) is 0 Å². The summed E-state index contributed by atoms with van der Waals surface area (Å²) in [6.45, 7) is 10.4. The molecule has 1 unspecified atom stereocenters. The summed E-state index contributed by atoms with van der Waals surface area (Å²) in [5, 5.41) is 0. The van der Waals surface area contributed by atoms with Crippen molar-refractivity contribution in [2.75, 3.05) is 32.7 Å². The van der Waals surface area contributed by atoms with Crippen molar-refractivity contribution in [2.24, 2.45) is 5.73 Å². The topological polar surface area (TPSA) is 32.5 Å². The van der Waals surface area contributed by atoms with Crippen LogP contribution in [-0.4, -0.2) is 54.1 Å². The van der Waals surface area contributed by atoms with Crippen molar-refractivity contribution in [3.8, 4) is 0 Å². The third-order valence-electron chi connectivity index (χ3n) is 3.79. The maximum atomic E-state index is 6.08. The van der Waals surface area contributed by atoms with E-state index in [1.165, 1.54) is 51.9 Å². The van der Waals surface area contributed by atoms with Gasteiger partial charge >= 0.3 is 0 Å². The summed E-state index contributed by atoms with van der Waals surface area (Å²) < 4.78 is 0. The van der Waals surface area contributed by atoms with Crippen LogP contribution < -0.4 is 5.73 Å². The van der Waals surface area contributed by atoms with Crippen LogP contribution in [-0.2, 0) is 0 Å². The zero-order chi connectivity index (χ0) is 11.6. The fourth-order valence-electron chi connectivity index (χ4n) is 3.11. The molecule has 2 saturated heterocycles. The Morgan fingerprint density at radius 3 is 2.44 bits per heavy atom. The van der Waals surface area contributed by atoms with E-state index >= 15 is 0 Å². The normalized spacial score (nSPS) is 29.8. The fourth-order valence-corrected chi connectivity index (χ4v) is 3.11. The molecule has 16 heavy (non-hydrogen) atoms. The van der Waals surface area contributed by atoms with Gasteiger partial charge in [-0.15, -0.1) is 0 Å². The molecule has 1 atom stereocenters. The second-order valence-corrected chi connectivity index (χ2v) is 6.26. The minimum atomic E-state index is -0.0449. The second kappa shape index (κ2) is 5.03. The Labute approximate surface area is 100.0 Å². The molecule has 2 rings (SSSR count). The molecule has 2 fully saturated rings. The van der Waals surface area contributed by atoms with Crippen molar-refractivity contribution >= 4 is 0 Å². The first kappa shape index (κ1) is 12.3. The van der Waals surface area contributed by atoms with Gasteiger partial charge in [-0.05, 0) is 52.7 Å². The molecule has 0 aliphatic carbocycles. The molecule has 0 bridgehead atoms. The van der Waals surface area contributed by atoms with Gasteiger partial charge in [0.15, 0.2) is 0 Å². The molecular formula is C13H27N3. The van der Waals surface area contributed by atoms with Crippen molar-refractivity contribution in [2.45, 2.75) is 51.1 Å². The zero-order valence-corrected chi connectivity index (χ0v) is 10.9. The highest BCUT2D eigenvalue weighted by atomic mass is 15.3. The average molecular weight is 225 g/mol. The standard InChI is InChI=1S/C13H27N3/c1-13(2,14)11-15-9-6-12(10-15)16-7-4-3-5-8-16/h12H,3-11,14H2,1-2H3. The van der Waals surface area contributed by atoms with Crippen LogP contribution in [0.3, 0.4) is 0 Å². The van der Waals surface area contributed by atoms with E-state index in [0.29, 0.717) is 0 Å². The molecule has 2 aliphatic heterocycles. The van der Waals surface area contributed by atoms with E-state index in [4.69, 9.17) is 5.73 Å². The van der Waals surface area contributed by atoms with Crippen molar-refractivity contribution < 1.29 is 0 Å². The highest BCUT2D eigenvalue weighted by Crippen LogP contribution is 2.20. The summed E-state index contributed by atoms with van der Waals surface area (Å²) in [7, 11) is 0. The number of nitrogens with zero attached hydrogens (tertiary/aromatic N) is 2. The Morgan fingerprint density at radius 2 is 1.81 bits per heavy atom. The highest BCUT2D eigenvalue weighted by molar-refractivity contribution is 4.88. The third-order valence-corrected chi connectivity index (χ3v) is 3.79. The van der Waals surface area contributed by atoms with E-state index in [1.807, 2.05) is 0 Å². The van der Waals surface area contributed by atoms with Gasteiger partial charge in [-0.3, -0.25) is 9.80 Å². The lowest BCUT2D eigenvalue weighted by molar-refractivity contribution is 0.158. The lowest BCUT2D eigenvalue weighted by atomic mass is 10.1. The molecule has 0 aromatic rings. The Kier molecular flexibility index (Phi) is 3.88. The number of hydrogen-bond acceptors (Lipinski definition) is 3. The Bertz CT molecular complexity index is 216. The molecule has 0 aromatic carbocycles. The lowest BCUT2D eigenvalue weighted by Crippen LogP contribution is -2.46. The molecular weight excluding hydrogens is 198 g/mol. The molecule has 0 amide bonds. The van der Waals surface area contributed by atoms with E-state index in [-0.39, 0.29) is 5.54 Å². The summed E-state index contributed by atoms with van der Waals surface area (Å²) in [6.07, 6.45) is 5.58. The first-order valence-corrected chi connectivity index (χ1v) is 6.80. The number of rotatable bonds is 3. The summed E-state index contributed by atoms with van der Waals surface area (Å²) in [4.78, 5) is 5.24. The van der Waals surface area contributed by atoms with Crippen LogP contribution in [0, 0.1) is 0 Å². The molecule has 0 spiro atoms. The summed E-state index contributed by atoms with van der Waals surface area (Å²) in [5.74, 6) is 0. The van der Waals surface area contributed by atoms with Crippen LogP contribution in [0.1, 0.15) is 39.5 Å². The van der Waals surface area contributed by atoms with Crippen LogP contribution in [0.15, 0.2) is 0 Å². The van der Waals surface area contributed by atoms with Gasteiger partial charge in [0.05, 0.1) is 0 Å². The Hall–Kier alpha value is -0.120. The van der Waals surface area contributed by atoms with Crippen LogP contribution in [0.2, 0.25) is 0 Å². The van der Waals surface area contributed by atoms with E-state index < -0.39 is 0 Å². The van der Waals surface area contributed by atoms with Gasteiger partial charge in [0.25, 0.3) is 0 Å². The number of likely N-dealkylation sites (tertiary alicyclic amines) is 2. The zero-order valence-electron chi connectivity index (χ0n) is 10.9. The van der Waals surface area contributed by atoms with Crippen molar-refractivity contribution in [3.63, 3.8) is 0 Å². The second-order valence-electron chi connectivity index (χ2n) is 6.26. The molecule has 0 radical (unpaired) electrons. The van der Waals surface area contributed by atoms with Gasteiger partial charge in [0.1, 0.15) is 0 Å². The Morgan fingerprint density at radius 1 is 1.12 bits per heavy atom. The van der Waals surface area contributed by atoms with Gasteiger partial charge in [0.2, 0.25) is 0 Å². The molecule has 0 saturated carbocycles. The molecule has 2 N–H and O–H groups in total. The van der Waals surface area contributed by atoms with Crippen molar-refractivity contribution in [3.05, 3.63) is 0 Å². The highest BCUT2D eigenvalue weighted by Gasteiger charge is 2.30. The van der Waals surface area contributed by atoms with E-state index in [1.54, 1.807) is 0 Å². The monoisotopic (exact) mass is 225 g/mol. The predicted molar refractivity (Wildman–Crippen MR) is 68.5 cm³/mol. The number of nitrogens with two attached hydrogens (primary N) is 1. The molecule has 3 heteroatoms. The molecule has 3 nitrogen and oxygen atoms in total. The van der Waals surface area contributed by atoms with Crippen LogP contribution in [0.5, 0.6) is 0 Å². The smallest absolute Gasteiger partial charge is 0.0235 e. The molecule has 2 heterocycles. The number of hydrogen-bond donors (Lipinski definition) is 1. The van der Waals surface area contributed by atoms with Crippen LogP contribution >= 0.6 is 0 Å². The van der Waals surface area contributed by atoms with Crippen LogP contribution in [0.4, 0.5) is 0 Å². The van der Waals surface area contributed by atoms with Gasteiger partial charge in [0, 0.05) is 24.7 Å². The number of piperidine rings is 1. The molecule has 2 aliphatic rings. The van der Waals surface area contributed by atoms with E-state index in [2.05, 4.69) is 23.6 Å². The quantitative estimate of drug-likeness (QED) is 0.785. The van der Waals surface area contributed by atoms with Gasteiger partial charge < -0.3 is 5.73 Å². The predicted octanol–water partition coefficient (Wildman–Crippen LogP) is 1.28. The SMILES string of the molecule is CC(C)(N)CN1CCC(N2CCCCC2)C1. The van der Waals surface area contributed by atoms with E-state index in [9.17, 15) is 0 Å². The Balaban J connectivity index is 1.78. The van der Waals surface area contributed by atoms with Gasteiger partial charge in [-0.25, -0.2) is 0 Å². The minimum Gasteiger partial charge on any atom is -0.324 e. The first-order chi connectivity index (χ1) is 7.54. The lowest BCUT2D eigenvalue weighted by Gasteiger charge is -2.33. The maximum absolute atomic E-state index is 6.08. The van der Waals surface area contributed by atoms with Crippen molar-refractivity contribution in [1.82, 2.24) is 9.80 Å². The maximum Gasteiger partial charge on any atom is 0.0235 e.